The van der Waals surface area contributed by atoms with Gasteiger partial charge in [0, 0.05) is 55.5 Å². The zero-order chi connectivity index (χ0) is 30.1. The zero-order valence-electron chi connectivity index (χ0n) is 24.9. The zero-order valence-corrected chi connectivity index (χ0v) is 24.9. The molecule has 1 fully saturated rings. The van der Waals surface area contributed by atoms with E-state index in [1.54, 1.807) is 0 Å². The van der Waals surface area contributed by atoms with E-state index >= 15 is 0 Å². The van der Waals surface area contributed by atoms with Gasteiger partial charge in [0.25, 0.3) is 0 Å². The van der Waals surface area contributed by atoms with Crippen LogP contribution in [0.4, 0.5) is 5.69 Å². The number of benzene rings is 3. The summed E-state index contributed by atoms with van der Waals surface area (Å²) in [7, 11) is 1.35. The summed E-state index contributed by atoms with van der Waals surface area (Å²) in [6.45, 7) is 8.00. The molecule has 220 valence electrons. The second kappa shape index (κ2) is 14.0. The van der Waals surface area contributed by atoms with Crippen molar-refractivity contribution >= 4 is 17.6 Å². The third-order valence-electron chi connectivity index (χ3n) is 7.81. The van der Waals surface area contributed by atoms with Gasteiger partial charge in [-0.05, 0) is 44.0 Å². The normalized spacial score (nSPS) is 18.7. The number of ether oxygens (including phenoxy) is 2. The van der Waals surface area contributed by atoms with Crippen LogP contribution >= 0.6 is 0 Å². The van der Waals surface area contributed by atoms with Crippen molar-refractivity contribution in [3.05, 3.63) is 125 Å². The van der Waals surface area contributed by atoms with Crippen LogP contribution in [0, 0.1) is 0 Å². The summed E-state index contributed by atoms with van der Waals surface area (Å²) < 4.78 is 11.0. The fourth-order valence-corrected chi connectivity index (χ4v) is 5.48. The number of esters is 2. The van der Waals surface area contributed by atoms with E-state index in [9.17, 15) is 9.59 Å². The maximum absolute atomic E-state index is 13.2. The number of dihydropyridines is 1. The molecule has 0 saturated carbocycles. The highest BCUT2D eigenvalue weighted by atomic mass is 16.6. The van der Waals surface area contributed by atoms with E-state index < -0.39 is 11.6 Å². The highest BCUT2D eigenvalue weighted by Crippen LogP contribution is 2.33. The van der Waals surface area contributed by atoms with Crippen molar-refractivity contribution < 1.29 is 19.1 Å². The second-order valence-electron chi connectivity index (χ2n) is 11.1. The minimum atomic E-state index is -0.593. The van der Waals surface area contributed by atoms with E-state index in [-0.39, 0.29) is 18.3 Å². The summed E-state index contributed by atoms with van der Waals surface area (Å²) in [5.41, 5.74) is 10.5. The van der Waals surface area contributed by atoms with Gasteiger partial charge in [0.05, 0.1) is 18.3 Å². The number of methoxy groups -OCH3 is 1. The monoisotopic (exact) mass is 567 g/mol. The first-order chi connectivity index (χ1) is 20.2. The van der Waals surface area contributed by atoms with Crippen LogP contribution < -0.4 is 11.1 Å². The van der Waals surface area contributed by atoms with Crippen molar-refractivity contribution in [1.29, 1.82) is 0 Å². The third kappa shape index (κ3) is 7.89. The van der Waals surface area contributed by atoms with Crippen LogP contribution in [0.3, 0.4) is 0 Å². The summed E-state index contributed by atoms with van der Waals surface area (Å²) in [4.78, 5) is 27.7. The first-order valence-electron chi connectivity index (χ1n) is 14.3. The van der Waals surface area contributed by atoms with Crippen LogP contribution in [-0.2, 0) is 19.1 Å². The highest BCUT2D eigenvalue weighted by Gasteiger charge is 2.39. The minimum absolute atomic E-state index is 0.208. The lowest BCUT2D eigenvalue weighted by Gasteiger charge is -2.29. The molecule has 2 heterocycles. The summed E-state index contributed by atoms with van der Waals surface area (Å²) in [5.74, 6) is -0.575. The number of allylic oxidation sites excluding steroid dienone is 2. The summed E-state index contributed by atoms with van der Waals surface area (Å²) in [6.07, 6.45) is 0.966. The molecule has 5 rings (SSSR count). The molecule has 0 aromatic heterocycles. The highest BCUT2D eigenvalue weighted by molar-refractivity contribution is 5.96. The largest absolute Gasteiger partial charge is 0.466 e. The Kier molecular flexibility index (Phi) is 10.2. The number of likely N-dealkylation sites (tertiary alicyclic amines) is 1. The molecule has 0 amide bonds. The van der Waals surface area contributed by atoms with Gasteiger partial charge in [0.1, 0.15) is 5.60 Å². The third-order valence-corrected chi connectivity index (χ3v) is 7.81. The Hall–Kier alpha value is -4.36. The van der Waals surface area contributed by atoms with E-state index in [4.69, 9.17) is 15.2 Å². The van der Waals surface area contributed by atoms with Gasteiger partial charge >= 0.3 is 11.9 Å². The van der Waals surface area contributed by atoms with Crippen molar-refractivity contribution in [3.8, 4) is 0 Å². The first kappa shape index (κ1) is 30.6. The molecular weight excluding hydrogens is 526 g/mol. The smallest absolute Gasteiger partial charge is 0.336 e. The quantitative estimate of drug-likeness (QED) is 0.275. The Morgan fingerprint density at radius 2 is 1.36 bits per heavy atom. The summed E-state index contributed by atoms with van der Waals surface area (Å²) in [6, 6.07) is 30.6. The number of nitrogens with two attached hydrogens (primary N) is 1. The van der Waals surface area contributed by atoms with E-state index in [1.165, 1.54) is 18.2 Å². The van der Waals surface area contributed by atoms with Crippen molar-refractivity contribution in [2.75, 3.05) is 32.5 Å². The summed E-state index contributed by atoms with van der Waals surface area (Å²) >= 11 is 0. The first-order valence-corrected chi connectivity index (χ1v) is 14.3. The number of rotatable bonds is 7. The van der Waals surface area contributed by atoms with Crippen molar-refractivity contribution in [1.82, 2.24) is 10.2 Å². The van der Waals surface area contributed by atoms with Crippen LogP contribution in [0.15, 0.2) is 114 Å². The Bertz CT molecular complexity index is 1380. The van der Waals surface area contributed by atoms with Crippen LogP contribution in [0.2, 0.25) is 0 Å². The number of carbonyl (C=O) groups is 2. The molecule has 1 saturated heterocycles. The fraction of sp³-hybridized carbons (Fsp3) is 0.314. The van der Waals surface area contributed by atoms with Gasteiger partial charge in [-0.15, -0.1) is 0 Å². The van der Waals surface area contributed by atoms with Crippen molar-refractivity contribution in [3.63, 3.8) is 0 Å². The number of hydrogen-bond acceptors (Lipinski definition) is 7. The molecule has 7 heteroatoms. The van der Waals surface area contributed by atoms with Gasteiger partial charge in [-0.2, -0.15) is 0 Å². The number of hydrogen-bond donors (Lipinski definition) is 2. The van der Waals surface area contributed by atoms with Crippen LogP contribution in [0.1, 0.15) is 50.7 Å². The topological polar surface area (TPSA) is 93.9 Å². The SMILES string of the molecule is COC(=O)C1=C(C)NC(C)=C(C(=O)O[C@]2(C)CCN(CC(c3ccccc3)c3ccccc3)C2)C1.Nc1ccccc1. The van der Waals surface area contributed by atoms with Crippen LogP contribution in [0.5, 0.6) is 0 Å². The average molecular weight is 568 g/mol. The van der Waals surface area contributed by atoms with Gasteiger partial charge in [0.2, 0.25) is 0 Å². The number of anilines is 1. The van der Waals surface area contributed by atoms with Crippen molar-refractivity contribution in [2.24, 2.45) is 0 Å². The standard InChI is InChI=1S/C29H34N2O4.C6H7N/c1-20-24(27(32)34-4)17-25(21(2)30-20)28(33)35-29(3)15-16-31(19-29)18-26(22-11-7-5-8-12-22)23-13-9-6-10-14-23;7-6-4-2-1-3-5-6/h5-14,26,30H,15-19H2,1-4H3;1-5H,7H2/t29-;/m1./s1. The van der Waals surface area contributed by atoms with Gasteiger partial charge in [-0.25, -0.2) is 9.59 Å². The van der Waals surface area contributed by atoms with Crippen LogP contribution in [-0.4, -0.2) is 49.2 Å². The number of nitrogens with zero attached hydrogens (tertiary/aromatic N) is 1. The fourth-order valence-electron chi connectivity index (χ4n) is 5.48. The predicted molar refractivity (Wildman–Crippen MR) is 166 cm³/mol. The Balaban J connectivity index is 0.000000507. The van der Waals surface area contributed by atoms with Gasteiger partial charge in [-0.3, -0.25) is 4.90 Å². The minimum Gasteiger partial charge on any atom is -0.466 e. The number of nitrogens with one attached hydrogen (secondary N) is 1. The van der Waals surface area contributed by atoms with Crippen molar-refractivity contribution in [2.45, 2.75) is 45.1 Å². The Morgan fingerprint density at radius 1 is 0.857 bits per heavy atom. The molecule has 0 aliphatic carbocycles. The van der Waals surface area contributed by atoms with E-state index in [1.807, 2.05) is 63.2 Å². The maximum Gasteiger partial charge on any atom is 0.336 e. The molecule has 1 atom stereocenters. The molecule has 2 aliphatic rings. The molecular formula is C35H41N3O4. The Labute approximate surface area is 249 Å². The molecule has 2 aliphatic heterocycles. The van der Waals surface area contributed by atoms with E-state index in [0.717, 1.165) is 25.2 Å². The number of nitrogen functional groups attached to an aromatic ring is 1. The molecule has 7 nitrogen and oxygen atoms in total. The molecule has 0 bridgehead atoms. The van der Waals surface area contributed by atoms with Crippen LogP contribution in [0.25, 0.3) is 0 Å². The summed E-state index contributed by atoms with van der Waals surface area (Å²) in [5, 5.41) is 3.13. The van der Waals surface area contributed by atoms with Gasteiger partial charge < -0.3 is 20.5 Å². The van der Waals surface area contributed by atoms with E-state index in [0.29, 0.717) is 29.1 Å². The molecule has 0 radical (unpaired) electrons. The lowest BCUT2D eigenvalue weighted by Crippen LogP contribution is -2.38. The molecule has 42 heavy (non-hydrogen) atoms. The predicted octanol–water partition coefficient (Wildman–Crippen LogP) is 5.81. The Morgan fingerprint density at radius 3 is 1.83 bits per heavy atom. The van der Waals surface area contributed by atoms with E-state index in [2.05, 4.69) is 58.7 Å². The number of carbonyl (C=O) groups excluding carboxylic acids is 2. The average Bonchev–Trinajstić information content (AvgIpc) is 3.36. The molecule has 3 aromatic rings. The molecule has 3 aromatic carbocycles. The van der Waals surface area contributed by atoms with Gasteiger partial charge in [-0.1, -0.05) is 78.9 Å². The van der Waals surface area contributed by atoms with Gasteiger partial charge in [0.15, 0.2) is 0 Å². The number of para-hydroxylation sites is 1. The second-order valence-corrected chi connectivity index (χ2v) is 11.1. The molecule has 0 unspecified atom stereocenters. The molecule has 0 spiro atoms. The maximum atomic E-state index is 13.2. The lowest BCUT2D eigenvalue weighted by atomic mass is 9.91. The molecule has 3 N–H and O–H groups in total. The lowest BCUT2D eigenvalue weighted by molar-refractivity contribution is -0.152.